The van der Waals surface area contributed by atoms with Crippen molar-refractivity contribution in [3.8, 4) is 45.1 Å². The number of fused-ring (bicyclic) bond motifs is 5. The average molecular weight is 597 g/mol. The van der Waals surface area contributed by atoms with Gasteiger partial charge in [-0.3, -0.25) is 0 Å². The first-order valence-corrected chi connectivity index (χ1v) is 15.9. The van der Waals surface area contributed by atoms with Crippen LogP contribution in [0.5, 0.6) is 0 Å². The van der Waals surface area contributed by atoms with Crippen molar-refractivity contribution in [1.82, 2.24) is 4.57 Å². The summed E-state index contributed by atoms with van der Waals surface area (Å²) < 4.78 is 2.24. The SMILES string of the molecule is N#Cc1ccc(-c2cccc(-c3c4ccccc4c(-c4ccccc4)c4ccccc34)c2)cc1-n1c2ccccc2c2ccccc21. The second-order valence-electron chi connectivity index (χ2n) is 12.0. The van der Waals surface area contributed by atoms with E-state index in [9.17, 15) is 5.26 Å². The molecule has 1 heterocycles. The van der Waals surface area contributed by atoms with Crippen LogP contribution in [0.3, 0.4) is 0 Å². The van der Waals surface area contributed by atoms with E-state index in [0.29, 0.717) is 5.56 Å². The molecule has 0 unspecified atom stereocenters. The first-order chi connectivity index (χ1) is 23.3. The van der Waals surface area contributed by atoms with Crippen molar-refractivity contribution in [1.29, 1.82) is 5.26 Å². The average Bonchev–Trinajstić information content (AvgIpc) is 3.48. The van der Waals surface area contributed by atoms with Crippen LogP contribution in [0.2, 0.25) is 0 Å². The quantitative estimate of drug-likeness (QED) is 0.186. The lowest BCUT2D eigenvalue weighted by Gasteiger charge is -2.18. The van der Waals surface area contributed by atoms with E-state index in [1.807, 2.05) is 6.07 Å². The van der Waals surface area contributed by atoms with Crippen LogP contribution in [0.25, 0.3) is 82.4 Å². The number of benzene rings is 8. The molecule has 0 aliphatic heterocycles. The highest BCUT2D eigenvalue weighted by Gasteiger charge is 2.18. The Morgan fingerprint density at radius 2 is 0.809 bits per heavy atom. The summed E-state index contributed by atoms with van der Waals surface area (Å²) in [6, 6.07) is 62.6. The van der Waals surface area contributed by atoms with Gasteiger partial charge in [-0.15, -0.1) is 0 Å². The molecule has 0 saturated heterocycles. The van der Waals surface area contributed by atoms with Crippen LogP contribution in [0.15, 0.2) is 170 Å². The molecule has 2 nitrogen and oxygen atoms in total. The highest BCUT2D eigenvalue weighted by molar-refractivity contribution is 6.21. The zero-order valence-electron chi connectivity index (χ0n) is 25.6. The maximum Gasteiger partial charge on any atom is 0.101 e. The monoisotopic (exact) mass is 596 g/mol. The third kappa shape index (κ3) is 4.26. The van der Waals surface area contributed by atoms with Gasteiger partial charge in [0.25, 0.3) is 0 Å². The summed E-state index contributed by atoms with van der Waals surface area (Å²) in [6.45, 7) is 0. The van der Waals surface area contributed by atoms with Crippen molar-refractivity contribution in [2.24, 2.45) is 0 Å². The predicted octanol–water partition coefficient (Wildman–Crippen LogP) is 12.0. The van der Waals surface area contributed by atoms with Crippen molar-refractivity contribution < 1.29 is 0 Å². The van der Waals surface area contributed by atoms with Gasteiger partial charge in [-0.2, -0.15) is 5.26 Å². The second-order valence-corrected chi connectivity index (χ2v) is 12.0. The molecular formula is C45H28N2. The van der Waals surface area contributed by atoms with Gasteiger partial charge in [-0.25, -0.2) is 0 Å². The predicted molar refractivity (Wildman–Crippen MR) is 197 cm³/mol. The van der Waals surface area contributed by atoms with Gasteiger partial charge >= 0.3 is 0 Å². The van der Waals surface area contributed by atoms with Crippen LogP contribution >= 0.6 is 0 Å². The van der Waals surface area contributed by atoms with Crippen LogP contribution in [0.4, 0.5) is 0 Å². The summed E-state index contributed by atoms with van der Waals surface area (Å²) in [5.74, 6) is 0. The van der Waals surface area contributed by atoms with Gasteiger partial charge in [-0.1, -0.05) is 140 Å². The maximum atomic E-state index is 10.3. The van der Waals surface area contributed by atoms with Crippen molar-refractivity contribution in [2.75, 3.05) is 0 Å². The topological polar surface area (TPSA) is 28.7 Å². The van der Waals surface area contributed by atoms with Crippen LogP contribution < -0.4 is 0 Å². The number of hydrogen-bond donors (Lipinski definition) is 0. The summed E-state index contributed by atoms with van der Waals surface area (Å²) in [5.41, 5.74) is 10.8. The molecule has 0 amide bonds. The van der Waals surface area contributed by atoms with Gasteiger partial charge < -0.3 is 4.57 Å². The largest absolute Gasteiger partial charge is 0.308 e. The molecule has 1 aromatic heterocycles. The van der Waals surface area contributed by atoms with Gasteiger partial charge in [0.05, 0.1) is 22.3 Å². The Bertz CT molecular complexity index is 2580. The van der Waals surface area contributed by atoms with E-state index in [4.69, 9.17) is 0 Å². The number of nitrogens with zero attached hydrogens (tertiary/aromatic N) is 2. The van der Waals surface area contributed by atoms with Crippen LogP contribution in [-0.4, -0.2) is 4.57 Å². The maximum absolute atomic E-state index is 10.3. The Labute approximate surface area is 273 Å². The summed E-state index contributed by atoms with van der Waals surface area (Å²) in [7, 11) is 0. The standard InChI is InChI=1S/C45H28N2/c46-29-34-26-25-32(28-43(34)47-41-23-10-8-17-35(41)36-18-9-11-24-42(36)47)31-15-12-16-33(27-31)45-39-21-6-4-19-37(39)44(30-13-2-1-3-14-30)38-20-5-7-22-40(38)45/h1-28H. The minimum Gasteiger partial charge on any atom is -0.308 e. The lowest BCUT2D eigenvalue weighted by molar-refractivity contribution is 1.17. The highest BCUT2D eigenvalue weighted by Crippen LogP contribution is 2.44. The van der Waals surface area contributed by atoms with Crippen LogP contribution in [0.1, 0.15) is 5.56 Å². The fourth-order valence-electron chi connectivity index (χ4n) is 7.38. The van der Waals surface area contributed by atoms with Gasteiger partial charge in [0, 0.05) is 10.8 Å². The summed E-state index contributed by atoms with van der Waals surface area (Å²) in [5, 5.41) is 17.6. The van der Waals surface area contributed by atoms with Gasteiger partial charge in [0.15, 0.2) is 0 Å². The van der Waals surface area contributed by atoms with E-state index >= 15 is 0 Å². The summed E-state index contributed by atoms with van der Waals surface area (Å²) in [4.78, 5) is 0. The molecule has 0 spiro atoms. The van der Waals surface area contributed by atoms with Crippen molar-refractivity contribution in [3.05, 3.63) is 175 Å². The highest BCUT2D eigenvalue weighted by atomic mass is 15.0. The van der Waals surface area contributed by atoms with E-state index in [2.05, 4.69) is 174 Å². The number of nitriles is 1. The van der Waals surface area contributed by atoms with E-state index in [1.165, 1.54) is 49.0 Å². The smallest absolute Gasteiger partial charge is 0.101 e. The molecule has 0 atom stereocenters. The third-order valence-corrected chi connectivity index (χ3v) is 9.42. The Hall–Kier alpha value is -6.43. The van der Waals surface area contributed by atoms with Crippen molar-refractivity contribution in [3.63, 3.8) is 0 Å². The fourth-order valence-corrected chi connectivity index (χ4v) is 7.38. The Morgan fingerprint density at radius 3 is 1.38 bits per heavy atom. The molecule has 0 fully saturated rings. The molecule has 0 aliphatic carbocycles. The van der Waals surface area contributed by atoms with E-state index in [1.54, 1.807) is 0 Å². The molecule has 218 valence electrons. The first-order valence-electron chi connectivity index (χ1n) is 15.9. The molecule has 47 heavy (non-hydrogen) atoms. The lowest BCUT2D eigenvalue weighted by Crippen LogP contribution is -1.98. The zero-order valence-corrected chi connectivity index (χ0v) is 25.6. The zero-order chi connectivity index (χ0) is 31.3. The van der Waals surface area contributed by atoms with Gasteiger partial charge in [0.1, 0.15) is 6.07 Å². The number of para-hydroxylation sites is 2. The minimum atomic E-state index is 0.643. The molecule has 0 radical (unpaired) electrons. The second kappa shape index (κ2) is 10.9. The van der Waals surface area contributed by atoms with Gasteiger partial charge in [-0.05, 0) is 85.3 Å². The van der Waals surface area contributed by atoms with Crippen LogP contribution in [0, 0.1) is 11.3 Å². The molecule has 0 aliphatic rings. The molecule has 8 aromatic carbocycles. The third-order valence-electron chi connectivity index (χ3n) is 9.42. The molecule has 9 aromatic rings. The first kappa shape index (κ1) is 26.9. The van der Waals surface area contributed by atoms with Crippen molar-refractivity contribution >= 4 is 43.4 Å². The van der Waals surface area contributed by atoms with E-state index in [0.717, 1.165) is 33.4 Å². The molecular weight excluding hydrogens is 569 g/mol. The Morgan fingerprint density at radius 1 is 0.362 bits per heavy atom. The summed E-state index contributed by atoms with van der Waals surface area (Å²) in [6.07, 6.45) is 0. The molecule has 2 heteroatoms. The lowest BCUT2D eigenvalue weighted by atomic mass is 9.85. The minimum absolute atomic E-state index is 0.643. The van der Waals surface area contributed by atoms with E-state index in [-0.39, 0.29) is 0 Å². The molecule has 0 saturated carbocycles. The van der Waals surface area contributed by atoms with E-state index < -0.39 is 0 Å². The summed E-state index contributed by atoms with van der Waals surface area (Å²) >= 11 is 0. The molecule has 0 bridgehead atoms. The Balaban J connectivity index is 1.27. The number of aromatic nitrogens is 1. The van der Waals surface area contributed by atoms with Crippen molar-refractivity contribution in [2.45, 2.75) is 0 Å². The number of rotatable bonds is 4. The van der Waals surface area contributed by atoms with Crippen LogP contribution in [-0.2, 0) is 0 Å². The fraction of sp³-hybridized carbons (Fsp3) is 0. The van der Waals surface area contributed by atoms with Gasteiger partial charge in [0.2, 0.25) is 0 Å². The molecule has 9 rings (SSSR count). The normalized spacial score (nSPS) is 11.4. The number of hydrogen-bond acceptors (Lipinski definition) is 1. The molecule has 0 N–H and O–H groups in total. The Kier molecular flexibility index (Phi) is 6.23.